The number of hydrogen-bond donors (Lipinski definition) is 1. The van der Waals surface area contributed by atoms with Crippen LogP contribution in [0.1, 0.15) is 25.0 Å². The molecule has 0 aliphatic carbocycles. The number of amides is 2. The number of aromatic nitrogens is 3. The van der Waals surface area contributed by atoms with Crippen LogP contribution in [0.3, 0.4) is 0 Å². The molecule has 8 nitrogen and oxygen atoms in total. The van der Waals surface area contributed by atoms with Gasteiger partial charge in [-0.25, -0.2) is 4.79 Å². The average Bonchev–Trinajstić information content (AvgIpc) is 2.97. The van der Waals surface area contributed by atoms with E-state index in [0.717, 1.165) is 4.57 Å². The Morgan fingerprint density at radius 1 is 1.16 bits per heavy atom. The Morgan fingerprint density at radius 3 is 2.48 bits per heavy atom. The number of nitrogens with zero attached hydrogens (tertiary/aromatic N) is 5. The first-order valence-electron chi connectivity index (χ1n) is 7.94. The second-order valence-corrected chi connectivity index (χ2v) is 6.45. The van der Waals surface area contributed by atoms with Crippen LogP contribution < -0.4 is 0 Å². The number of alkyl halides is 3. The Labute approximate surface area is 141 Å². The van der Waals surface area contributed by atoms with E-state index in [0.29, 0.717) is 6.42 Å². The van der Waals surface area contributed by atoms with Gasteiger partial charge in [0.25, 0.3) is 0 Å². The van der Waals surface area contributed by atoms with Crippen molar-refractivity contribution in [3.8, 4) is 0 Å². The molecular weight excluding hydrogens is 343 g/mol. The molecule has 1 aromatic rings. The number of likely N-dealkylation sites (tertiary alicyclic amines) is 1. The van der Waals surface area contributed by atoms with E-state index < -0.39 is 18.1 Å². The zero-order chi connectivity index (χ0) is 18.4. The van der Waals surface area contributed by atoms with Crippen LogP contribution in [0.25, 0.3) is 0 Å². The molecule has 0 radical (unpaired) electrons. The van der Waals surface area contributed by atoms with Gasteiger partial charge in [-0.1, -0.05) is 6.92 Å². The molecule has 11 heteroatoms. The molecule has 2 aliphatic heterocycles. The first kappa shape index (κ1) is 17.5. The fraction of sp³-hybridized carbons (Fsp3) is 0.714. The molecule has 25 heavy (non-hydrogen) atoms. The van der Waals surface area contributed by atoms with Gasteiger partial charge in [0.2, 0.25) is 11.7 Å². The first-order valence-corrected chi connectivity index (χ1v) is 7.94. The molecule has 138 valence electrons. The van der Waals surface area contributed by atoms with Gasteiger partial charge < -0.3 is 19.5 Å². The van der Waals surface area contributed by atoms with Gasteiger partial charge in [0.15, 0.2) is 5.82 Å². The van der Waals surface area contributed by atoms with Gasteiger partial charge in [0, 0.05) is 32.1 Å². The van der Waals surface area contributed by atoms with Crippen molar-refractivity contribution in [1.29, 1.82) is 0 Å². The summed E-state index contributed by atoms with van der Waals surface area (Å²) in [5.74, 6) is -1.59. The molecular formula is C14H18F3N5O3. The summed E-state index contributed by atoms with van der Waals surface area (Å²) in [5.41, 5.74) is 0. The molecule has 0 spiro atoms. The fourth-order valence-corrected chi connectivity index (χ4v) is 3.48. The van der Waals surface area contributed by atoms with Crippen molar-refractivity contribution >= 4 is 12.0 Å². The highest BCUT2D eigenvalue weighted by Crippen LogP contribution is 2.31. The molecule has 0 aromatic carbocycles. The number of hydrogen-bond acceptors (Lipinski definition) is 4. The summed E-state index contributed by atoms with van der Waals surface area (Å²) in [5, 5.41) is 15.8. The van der Waals surface area contributed by atoms with E-state index in [-0.39, 0.29) is 56.3 Å². The maximum absolute atomic E-state index is 12.9. The van der Waals surface area contributed by atoms with Crippen molar-refractivity contribution in [3.63, 3.8) is 0 Å². The lowest BCUT2D eigenvalue weighted by Gasteiger charge is -2.38. The SMILES string of the molecule is C[C@@H]1CN(C(=O)O)CC[C@@H]1C(=O)N1CCn2c(nnc2C(F)(F)F)C1. The van der Waals surface area contributed by atoms with Gasteiger partial charge in [-0.3, -0.25) is 4.79 Å². The molecule has 0 unspecified atom stereocenters. The highest BCUT2D eigenvalue weighted by Gasteiger charge is 2.41. The fourth-order valence-electron chi connectivity index (χ4n) is 3.48. The largest absolute Gasteiger partial charge is 0.465 e. The monoisotopic (exact) mass is 361 g/mol. The molecule has 1 saturated heterocycles. The Balaban J connectivity index is 1.69. The van der Waals surface area contributed by atoms with E-state index in [4.69, 9.17) is 5.11 Å². The van der Waals surface area contributed by atoms with E-state index in [1.807, 2.05) is 6.92 Å². The van der Waals surface area contributed by atoms with Crippen molar-refractivity contribution in [3.05, 3.63) is 11.6 Å². The van der Waals surface area contributed by atoms with Crippen LogP contribution in [0.5, 0.6) is 0 Å². The standard InChI is InChI=1S/C14H18F3N5O3/c1-8-6-21(13(24)25)3-2-9(8)11(23)20-4-5-22-10(7-20)18-19-12(22)14(15,16)17/h8-9H,2-7H2,1H3,(H,24,25)/t8-,9+/m1/s1. The average molecular weight is 361 g/mol. The zero-order valence-electron chi connectivity index (χ0n) is 13.5. The van der Waals surface area contributed by atoms with Gasteiger partial charge in [-0.2, -0.15) is 13.2 Å². The minimum Gasteiger partial charge on any atom is -0.465 e. The normalized spacial score (nSPS) is 24.2. The number of fused-ring (bicyclic) bond motifs is 1. The summed E-state index contributed by atoms with van der Waals surface area (Å²) in [7, 11) is 0. The molecule has 3 rings (SSSR count). The van der Waals surface area contributed by atoms with Gasteiger partial charge >= 0.3 is 12.3 Å². The number of carboxylic acid groups (broad SMARTS) is 1. The topological polar surface area (TPSA) is 91.6 Å². The molecule has 0 bridgehead atoms. The van der Waals surface area contributed by atoms with Gasteiger partial charge in [-0.15, -0.1) is 10.2 Å². The Kier molecular flexibility index (Phi) is 4.33. The molecule has 2 atom stereocenters. The van der Waals surface area contributed by atoms with Crippen molar-refractivity contribution in [2.45, 2.75) is 32.6 Å². The van der Waals surface area contributed by atoms with Crippen LogP contribution in [0, 0.1) is 11.8 Å². The Hall–Kier alpha value is -2.33. The maximum atomic E-state index is 12.9. The van der Waals surface area contributed by atoms with E-state index in [2.05, 4.69) is 10.2 Å². The summed E-state index contributed by atoms with van der Waals surface area (Å²) in [4.78, 5) is 26.5. The lowest BCUT2D eigenvalue weighted by Crippen LogP contribution is -2.49. The second-order valence-electron chi connectivity index (χ2n) is 6.45. The predicted octanol–water partition coefficient (Wildman–Crippen LogP) is 1.28. The maximum Gasteiger partial charge on any atom is 0.451 e. The van der Waals surface area contributed by atoms with Crippen molar-refractivity contribution in [1.82, 2.24) is 24.6 Å². The lowest BCUT2D eigenvalue weighted by molar-refractivity contribution is -0.148. The third-order valence-electron chi connectivity index (χ3n) is 4.81. The van der Waals surface area contributed by atoms with E-state index in [9.17, 15) is 22.8 Å². The number of carbonyl (C=O) groups excluding carboxylic acids is 1. The highest BCUT2D eigenvalue weighted by atomic mass is 19.4. The van der Waals surface area contributed by atoms with Crippen molar-refractivity contribution < 1.29 is 27.9 Å². The minimum absolute atomic E-state index is 0.00866. The van der Waals surface area contributed by atoms with E-state index >= 15 is 0 Å². The van der Waals surface area contributed by atoms with Crippen LogP contribution in [0.4, 0.5) is 18.0 Å². The summed E-state index contributed by atoms with van der Waals surface area (Å²) >= 11 is 0. The van der Waals surface area contributed by atoms with Crippen LogP contribution in [-0.4, -0.2) is 61.3 Å². The summed E-state index contributed by atoms with van der Waals surface area (Å²) in [6.07, 6.45) is -5.18. The third kappa shape index (κ3) is 3.27. The molecule has 0 saturated carbocycles. The predicted molar refractivity (Wildman–Crippen MR) is 77.3 cm³/mol. The van der Waals surface area contributed by atoms with Crippen LogP contribution >= 0.6 is 0 Å². The summed E-state index contributed by atoms with van der Waals surface area (Å²) in [6, 6.07) is 0. The number of rotatable bonds is 1. The lowest BCUT2D eigenvalue weighted by atomic mass is 9.85. The highest BCUT2D eigenvalue weighted by molar-refractivity contribution is 5.79. The minimum atomic E-state index is -4.57. The third-order valence-corrected chi connectivity index (χ3v) is 4.81. The van der Waals surface area contributed by atoms with Crippen LogP contribution in [-0.2, 0) is 24.1 Å². The Morgan fingerprint density at radius 2 is 1.88 bits per heavy atom. The number of halogens is 3. The quantitative estimate of drug-likeness (QED) is 0.814. The number of piperidine rings is 1. The molecule has 2 aliphatic rings. The molecule has 3 heterocycles. The number of carbonyl (C=O) groups is 2. The van der Waals surface area contributed by atoms with Crippen molar-refractivity contribution in [2.24, 2.45) is 11.8 Å². The van der Waals surface area contributed by atoms with Gasteiger partial charge in [0.05, 0.1) is 6.54 Å². The summed E-state index contributed by atoms with van der Waals surface area (Å²) in [6.45, 7) is 2.48. The molecule has 1 fully saturated rings. The Bertz CT molecular complexity index is 690. The van der Waals surface area contributed by atoms with Crippen molar-refractivity contribution in [2.75, 3.05) is 19.6 Å². The molecule has 2 amide bonds. The van der Waals surface area contributed by atoms with Gasteiger partial charge in [-0.05, 0) is 12.3 Å². The summed E-state index contributed by atoms with van der Waals surface area (Å²) < 4.78 is 39.6. The first-order chi connectivity index (χ1) is 11.7. The van der Waals surface area contributed by atoms with E-state index in [1.54, 1.807) is 0 Å². The second kappa shape index (κ2) is 6.19. The smallest absolute Gasteiger partial charge is 0.451 e. The molecule has 1 aromatic heterocycles. The van der Waals surface area contributed by atoms with Crippen LogP contribution in [0.15, 0.2) is 0 Å². The van der Waals surface area contributed by atoms with E-state index in [1.165, 1.54) is 9.80 Å². The zero-order valence-corrected chi connectivity index (χ0v) is 13.5. The van der Waals surface area contributed by atoms with Crippen LogP contribution in [0.2, 0.25) is 0 Å². The molecule has 1 N–H and O–H groups in total. The van der Waals surface area contributed by atoms with Gasteiger partial charge in [0.1, 0.15) is 0 Å².